The van der Waals surface area contributed by atoms with Gasteiger partial charge in [-0.3, -0.25) is 0 Å². The van der Waals surface area contributed by atoms with E-state index in [0.29, 0.717) is 11.8 Å². The van der Waals surface area contributed by atoms with Crippen LogP contribution < -0.4 is 4.74 Å². The first-order valence-electron chi connectivity index (χ1n) is 8.37. The Labute approximate surface area is 142 Å². The number of rotatable bonds is 7. The second kappa shape index (κ2) is 8.90. The number of benzene rings is 1. The van der Waals surface area contributed by atoms with E-state index in [2.05, 4.69) is 27.8 Å². The van der Waals surface area contributed by atoms with Gasteiger partial charge in [0.05, 0.1) is 12.7 Å². The van der Waals surface area contributed by atoms with Gasteiger partial charge in [-0.15, -0.1) is 0 Å². The summed E-state index contributed by atoms with van der Waals surface area (Å²) >= 11 is 3.44. The number of nitrogens with zero attached hydrogens (tertiary/aromatic N) is 1. The Hall–Kier alpha value is -0.580. The third kappa shape index (κ3) is 5.56. The van der Waals surface area contributed by atoms with Gasteiger partial charge in [0.2, 0.25) is 0 Å². The predicted octanol–water partition coefficient (Wildman–Crippen LogP) is 3.95. The van der Waals surface area contributed by atoms with E-state index >= 15 is 0 Å². The SMILES string of the molecule is CCC(O)C(C)CN1CCC(COc2ccc(Br)cc2)CC1. The summed E-state index contributed by atoms with van der Waals surface area (Å²) in [5.74, 6) is 1.96. The first-order chi connectivity index (χ1) is 10.6. The summed E-state index contributed by atoms with van der Waals surface area (Å²) in [5, 5.41) is 9.89. The number of hydrogen-bond acceptors (Lipinski definition) is 3. The maximum absolute atomic E-state index is 9.89. The van der Waals surface area contributed by atoms with Crippen molar-refractivity contribution in [2.24, 2.45) is 11.8 Å². The average Bonchev–Trinajstić information content (AvgIpc) is 2.55. The molecule has 1 aromatic carbocycles. The fraction of sp³-hybridized carbons (Fsp3) is 0.667. The van der Waals surface area contributed by atoms with Gasteiger partial charge < -0.3 is 14.7 Å². The van der Waals surface area contributed by atoms with E-state index in [4.69, 9.17) is 4.74 Å². The molecule has 0 saturated carbocycles. The van der Waals surface area contributed by atoms with Gasteiger partial charge in [-0.2, -0.15) is 0 Å². The van der Waals surface area contributed by atoms with Crippen molar-refractivity contribution in [3.05, 3.63) is 28.7 Å². The van der Waals surface area contributed by atoms with Crippen LogP contribution in [0.1, 0.15) is 33.1 Å². The Kier molecular flexibility index (Phi) is 7.19. The number of likely N-dealkylation sites (tertiary alicyclic amines) is 1. The quantitative estimate of drug-likeness (QED) is 0.789. The average molecular weight is 370 g/mol. The summed E-state index contributed by atoms with van der Waals surface area (Å²) in [7, 11) is 0. The summed E-state index contributed by atoms with van der Waals surface area (Å²) in [6, 6.07) is 8.04. The standard InChI is InChI=1S/C18H28BrNO2/c1-3-18(21)14(2)12-20-10-8-15(9-11-20)13-22-17-6-4-16(19)5-7-17/h4-7,14-15,18,21H,3,8-13H2,1-2H3. The molecular formula is C18H28BrNO2. The molecule has 2 atom stereocenters. The van der Waals surface area contributed by atoms with Crippen LogP contribution in [-0.2, 0) is 0 Å². The second-order valence-corrected chi connectivity index (χ2v) is 7.38. The van der Waals surface area contributed by atoms with Gasteiger partial charge in [0, 0.05) is 11.0 Å². The van der Waals surface area contributed by atoms with Gasteiger partial charge in [0.15, 0.2) is 0 Å². The van der Waals surface area contributed by atoms with Crippen molar-refractivity contribution in [1.29, 1.82) is 0 Å². The highest BCUT2D eigenvalue weighted by atomic mass is 79.9. The molecule has 1 aromatic rings. The van der Waals surface area contributed by atoms with Gasteiger partial charge in [0.25, 0.3) is 0 Å². The molecule has 2 rings (SSSR count). The van der Waals surface area contributed by atoms with Crippen LogP contribution in [0.3, 0.4) is 0 Å². The minimum absolute atomic E-state index is 0.168. The fourth-order valence-corrected chi connectivity index (χ4v) is 3.28. The van der Waals surface area contributed by atoms with Crippen LogP contribution in [0.25, 0.3) is 0 Å². The fourth-order valence-electron chi connectivity index (χ4n) is 3.01. The molecule has 0 radical (unpaired) electrons. The van der Waals surface area contributed by atoms with Crippen molar-refractivity contribution >= 4 is 15.9 Å². The third-order valence-corrected chi connectivity index (χ3v) is 5.16. The second-order valence-electron chi connectivity index (χ2n) is 6.46. The molecule has 4 heteroatoms. The molecule has 1 aliphatic heterocycles. The Bertz CT molecular complexity index is 429. The Morgan fingerprint density at radius 2 is 1.91 bits per heavy atom. The number of halogens is 1. The highest BCUT2D eigenvalue weighted by Gasteiger charge is 2.22. The maximum Gasteiger partial charge on any atom is 0.119 e. The van der Waals surface area contributed by atoms with Crippen molar-refractivity contribution in [2.75, 3.05) is 26.2 Å². The maximum atomic E-state index is 9.89. The van der Waals surface area contributed by atoms with Crippen LogP contribution in [0.2, 0.25) is 0 Å². The molecule has 0 amide bonds. The number of piperidine rings is 1. The zero-order valence-corrected chi connectivity index (χ0v) is 15.3. The van der Waals surface area contributed by atoms with E-state index in [1.807, 2.05) is 31.2 Å². The zero-order valence-electron chi connectivity index (χ0n) is 13.7. The summed E-state index contributed by atoms with van der Waals surface area (Å²) in [6.07, 6.45) is 3.05. The lowest BCUT2D eigenvalue weighted by Gasteiger charge is -2.34. The number of ether oxygens (including phenoxy) is 1. The molecule has 1 aliphatic rings. The summed E-state index contributed by atoms with van der Waals surface area (Å²) in [4.78, 5) is 2.49. The molecule has 1 fully saturated rings. The van der Waals surface area contributed by atoms with E-state index < -0.39 is 0 Å². The van der Waals surface area contributed by atoms with Crippen LogP contribution in [0.4, 0.5) is 0 Å². The molecule has 124 valence electrons. The normalized spacial score (nSPS) is 19.8. The van der Waals surface area contributed by atoms with E-state index in [1.54, 1.807) is 0 Å². The number of aliphatic hydroxyl groups is 1. The van der Waals surface area contributed by atoms with Gasteiger partial charge in [-0.25, -0.2) is 0 Å². The van der Waals surface area contributed by atoms with Crippen molar-refractivity contribution in [2.45, 2.75) is 39.2 Å². The van der Waals surface area contributed by atoms with Crippen LogP contribution in [0.5, 0.6) is 5.75 Å². The smallest absolute Gasteiger partial charge is 0.119 e. The molecule has 2 unspecified atom stereocenters. The Morgan fingerprint density at radius 1 is 1.27 bits per heavy atom. The molecule has 0 bridgehead atoms. The molecule has 0 spiro atoms. The van der Waals surface area contributed by atoms with E-state index in [0.717, 1.165) is 42.9 Å². The summed E-state index contributed by atoms with van der Waals surface area (Å²) < 4.78 is 6.97. The lowest BCUT2D eigenvalue weighted by Crippen LogP contribution is -2.40. The van der Waals surface area contributed by atoms with Gasteiger partial charge >= 0.3 is 0 Å². The zero-order chi connectivity index (χ0) is 15.9. The molecule has 1 heterocycles. The Morgan fingerprint density at radius 3 is 2.50 bits per heavy atom. The van der Waals surface area contributed by atoms with Crippen LogP contribution in [0.15, 0.2) is 28.7 Å². The summed E-state index contributed by atoms with van der Waals surface area (Å²) in [6.45, 7) is 8.26. The van der Waals surface area contributed by atoms with E-state index in [1.165, 1.54) is 12.8 Å². The molecule has 22 heavy (non-hydrogen) atoms. The van der Waals surface area contributed by atoms with Gasteiger partial charge in [-0.05, 0) is 68.5 Å². The monoisotopic (exact) mass is 369 g/mol. The minimum atomic E-state index is -0.168. The molecule has 1 saturated heterocycles. The van der Waals surface area contributed by atoms with Crippen LogP contribution in [-0.4, -0.2) is 42.4 Å². The van der Waals surface area contributed by atoms with Crippen molar-refractivity contribution in [3.63, 3.8) is 0 Å². The largest absolute Gasteiger partial charge is 0.493 e. The molecule has 1 N–H and O–H groups in total. The van der Waals surface area contributed by atoms with Crippen molar-refractivity contribution < 1.29 is 9.84 Å². The first-order valence-corrected chi connectivity index (χ1v) is 9.16. The lowest BCUT2D eigenvalue weighted by molar-refractivity contribution is 0.0675. The topological polar surface area (TPSA) is 32.7 Å². The summed E-state index contributed by atoms with van der Waals surface area (Å²) in [5.41, 5.74) is 0. The van der Waals surface area contributed by atoms with E-state index in [9.17, 15) is 5.11 Å². The van der Waals surface area contributed by atoms with Crippen LogP contribution in [0, 0.1) is 11.8 Å². The molecular weight excluding hydrogens is 342 g/mol. The lowest BCUT2D eigenvalue weighted by atomic mass is 9.95. The number of hydrogen-bond donors (Lipinski definition) is 1. The minimum Gasteiger partial charge on any atom is -0.493 e. The third-order valence-electron chi connectivity index (χ3n) is 4.63. The van der Waals surface area contributed by atoms with Gasteiger partial charge in [-0.1, -0.05) is 29.8 Å². The van der Waals surface area contributed by atoms with Crippen molar-refractivity contribution in [3.8, 4) is 5.75 Å². The first kappa shape index (κ1) is 17.8. The van der Waals surface area contributed by atoms with Gasteiger partial charge in [0.1, 0.15) is 5.75 Å². The predicted molar refractivity (Wildman–Crippen MR) is 94.3 cm³/mol. The highest BCUT2D eigenvalue weighted by molar-refractivity contribution is 9.10. The Balaban J connectivity index is 1.67. The van der Waals surface area contributed by atoms with E-state index in [-0.39, 0.29) is 6.10 Å². The molecule has 3 nitrogen and oxygen atoms in total. The number of aliphatic hydroxyl groups excluding tert-OH is 1. The molecule has 0 aromatic heterocycles. The van der Waals surface area contributed by atoms with Crippen molar-refractivity contribution in [1.82, 2.24) is 4.90 Å². The molecule has 0 aliphatic carbocycles. The highest BCUT2D eigenvalue weighted by Crippen LogP contribution is 2.22. The van der Waals surface area contributed by atoms with Crippen LogP contribution >= 0.6 is 15.9 Å².